The van der Waals surface area contributed by atoms with Gasteiger partial charge >= 0.3 is 10.2 Å². The number of aliphatic hydroxyl groups excluding tert-OH is 1. The molecule has 0 unspecified atom stereocenters. The Morgan fingerprint density at radius 2 is 2.29 bits per heavy atom. The van der Waals surface area contributed by atoms with E-state index in [0.29, 0.717) is 25.3 Å². The van der Waals surface area contributed by atoms with E-state index in [-0.39, 0.29) is 5.02 Å². The molecule has 2 rings (SSSR count). The molecular formula is C9H10ClFN2O3S. The van der Waals surface area contributed by atoms with Crippen LogP contribution in [0.25, 0.3) is 0 Å². The molecule has 0 bridgehead atoms. The average Bonchev–Trinajstić information content (AvgIpc) is 2.63. The Morgan fingerprint density at radius 1 is 1.59 bits per heavy atom. The SMILES string of the molecule is O=S(=O)(F)c1cnc(N2CC[C@H](O)C2)c(Cl)c1. The molecule has 0 spiro atoms. The van der Waals surface area contributed by atoms with E-state index in [1.165, 1.54) is 0 Å². The number of hydrogen-bond acceptors (Lipinski definition) is 5. The molecule has 1 aromatic rings. The van der Waals surface area contributed by atoms with Gasteiger partial charge in [-0.05, 0) is 12.5 Å². The van der Waals surface area contributed by atoms with Crippen molar-refractivity contribution >= 4 is 27.6 Å². The van der Waals surface area contributed by atoms with Gasteiger partial charge < -0.3 is 10.0 Å². The zero-order valence-corrected chi connectivity index (χ0v) is 10.2. The summed E-state index contributed by atoms with van der Waals surface area (Å²) in [6.45, 7) is 0.962. The van der Waals surface area contributed by atoms with Gasteiger partial charge in [0.25, 0.3) is 0 Å². The van der Waals surface area contributed by atoms with Crippen LogP contribution in [0.4, 0.5) is 9.70 Å². The predicted molar refractivity (Wildman–Crippen MR) is 60.4 cm³/mol. The number of anilines is 1. The van der Waals surface area contributed by atoms with Crippen LogP contribution < -0.4 is 4.90 Å². The van der Waals surface area contributed by atoms with Gasteiger partial charge in [-0.3, -0.25) is 0 Å². The van der Waals surface area contributed by atoms with Gasteiger partial charge in [-0.2, -0.15) is 8.42 Å². The number of aromatic nitrogens is 1. The topological polar surface area (TPSA) is 70.5 Å². The predicted octanol–water partition coefficient (Wildman–Crippen LogP) is 0.964. The fraction of sp³-hybridized carbons (Fsp3) is 0.444. The fourth-order valence-corrected chi connectivity index (χ4v) is 2.50. The van der Waals surface area contributed by atoms with Crippen LogP contribution in [0.3, 0.4) is 0 Å². The second kappa shape index (κ2) is 4.40. The van der Waals surface area contributed by atoms with Crippen LogP contribution in [-0.2, 0) is 10.2 Å². The molecule has 1 saturated heterocycles. The maximum Gasteiger partial charge on any atom is 0.333 e. The Kier molecular flexibility index (Phi) is 3.24. The summed E-state index contributed by atoms with van der Waals surface area (Å²) < 4.78 is 34.0. The molecule has 1 aromatic heterocycles. The largest absolute Gasteiger partial charge is 0.391 e. The first-order valence-corrected chi connectivity index (χ1v) is 6.67. The van der Waals surface area contributed by atoms with Crippen LogP contribution in [0.15, 0.2) is 17.2 Å². The highest BCUT2D eigenvalue weighted by molar-refractivity contribution is 7.86. The molecule has 1 fully saturated rings. The van der Waals surface area contributed by atoms with Gasteiger partial charge in [0.15, 0.2) is 0 Å². The average molecular weight is 281 g/mol. The molecule has 1 aliphatic heterocycles. The molecule has 1 aliphatic rings. The highest BCUT2D eigenvalue weighted by Crippen LogP contribution is 2.28. The van der Waals surface area contributed by atoms with Crippen LogP contribution >= 0.6 is 11.6 Å². The minimum atomic E-state index is -4.79. The molecule has 8 heteroatoms. The Hall–Kier alpha value is -0.920. The van der Waals surface area contributed by atoms with Crippen molar-refractivity contribution in [3.8, 4) is 0 Å². The number of pyridine rings is 1. The lowest BCUT2D eigenvalue weighted by Gasteiger charge is -2.17. The highest BCUT2D eigenvalue weighted by atomic mass is 35.5. The van der Waals surface area contributed by atoms with Gasteiger partial charge in [0, 0.05) is 13.1 Å². The Bertz CT molecular complexity index is 537. The highest BCUT2D eigenvalue weighted by Gasteiger charge is 2.24. The van der Waals surface area contributed by atoms with E-state index < -0.39 is 21.2 Å². The van der Waals surface area contributed by atoms with Crippen molar-refractivity contribution in [2.75, 3.05) is 18.0 Å². The Morgan fingerprint density at radius 3 is 2.76 bits per heavy atom. The van der Waals surface area contributed by atoms with Crippen molar-refractivity contribution in [1.29, 1.82) is 0 Å². The fourth-order valence-electron chi connectivity index (χ4n) is 1.71. The normalized spacial score (nSPS) is 20.9. The lowest BCUT2D eigenvalue weighted by Crippen LogP contribution is -2.22. The molecule has 1 atom stereocenters. The monoisotopic (exact) mass is 280 g/mol. The van der Waals surface area contributed by atoms with Crippen molar-refractivity contribution in [3.05, 3.63) is 17.3 Å². The zero-order valence-electron chi connectivity index (χ0n) is 8.68. The molecule has 0 aliphatic carbocycles. The zero-order chi connectivity index (χ0) is 12.6. The van der Waals surface area contributed by atoms with Crippen LogP contribution in [0, 0.1) is 0 Å². The van der Waals surface area contributed by atoms with Crippen LogP contribution in [0.5, 0.6) is 0 Å². The van der Waals surface area contributed by atoms with Crippen molar-refractivity contribution in [3.63, 3.8) is 0 Å². The number of β-amino-alcohol motifs (C(OH)–C–C–N with tert-alkyl or cyclic N) is 1. The number of aliphatic hydroxyl groups is 1. The first-order valence-electron chi connectivity index (χ1n) is 4.91. The van der Waals surface area contributed by atoms with Crippen molar-refractivity contribution in [1.82, 2.24) is 4.98 Å². The second-order valence-electron chi connectivity index (χ2n) is 3.80. The molecule has 0 saturated carbocycles. The Labute approximate surface area is 103 Å². The van der Waals surface area contributed by atoms with E-state index >= 15 is 0 Å². The summed E-state index contributed by atoms with van der Waals surface area (Å²) in [5, 5.41) is 9.42. The van der Waals surface area contributed by atoms with Gasteiger partial charge in [-0.15, -0.1) is 3.89 Å². The summed E-state index contributed by atoms with van der Waals surface area (Å²) >= 11 is 5.85. The standard InChI is InChI=1S/C9H10ClFN2O3S/c10-8-3-7(17(11,15)16)4-12-9(8)13-2-1-6(14)5-13/h3-4,6,14H,1-2,5H2/t6-/m0/s1. The Balaban J connectivity index is 2.32. The third-order valence-corrected chi connectivity index (χ3v) is 3.61. The summed E-state index contributed by atoms with van der Waals surface area (Å²) in [6, 6.07) is 1.02. The minimum absolute atomic E-state index is 0.0535. The summed E-state index contributed by atoms with van der Waals surface area (Å²) in [4.78, 5) is 4.98. The lowest BCUT2D eigenvalue weighted by atomic mass is 10.3. The van der Waals surface area contributed by atoms with E-state index in [1.54, 1.807) is 4.90 Å². The molecule has 5 nitrogen and oxygen atoms in total. The van der Waals surface area contributed by atoms with Gasteiger partial charge in [-0.1, -0.05) is 11.6 Å². The van der Waals surface area contributed by atoms with Gasteiger partial charge in [0.2, 0.25) is 0 Å². The van der Waals surface area contributed by atoms with Crippen molar-refractivity contribution < 1.29 is 17.4 Å². The number of halogens is 2. The molecule has 0 radical (unpaired) electrons. The molecule has 17 heavy (non-hydrogen) atoms. The maximum absolute atomic E-state index is 12.7. The van der Waals surface area contributed by atoms with E-state index in [1.807, 2.05) is 0 Å². The van der Waals surface area contributed by atoms with Crippen LogP contribution in [0.2, 0.25) is 5.02 Å². The van der Waals surface area contributed by atoms with Gasteiger partial charge in [0.05, 0.1) is 17.3 Å². The van der Waals surface area contributed by atoms with Crippen LogP contribution in [0.1, 0.15) is 6.42 Å². The smallest absolute Gasteiger partial charge is 0.333 e. The summed E-state index contributed by atoms with van der Waals surface area (Å²) in [5.41, 5.74) is 0. The molecular weight excluding hydrogens is 271 g/mol. The molecule has 94 valence electrons. The lowest BCUT2D eigenvalue weighted by molar-refractivity contribution is 0.198. The molecule has 0 amide bonds. The van der Waals surface area contributed by atoms with Gasteiger partial charge in [-0.25, -0.2) is 4.98 Å². The number of hydrogen-bond donors (Lipinski definition) is 1. The first-order chi connectivity index (χ1) is 7.88. The third-order valence-electron chi connectivity index (χ3n) is 2.54. The summed E-state index contributed by atoms with van der Waals surface area (Å²) in [6.07, 6.45) is 1.07. The summed E-state index contributed by atoms with van der Waals surface area (Å²) in [5.74, 6) is 0.357. The summed E-state index contributed by atoms with van der Waals surface area (Å²) in [7, 11) is -4.79. The molecule has 2 heterocycles. The minimum Gasteiger partial charge on any atom is -0.391 e. The van der Waals surface area contributed by atoms with E-state index in [2.05, 4.69) is 4.98 Å². The van der Waals surface area contributed by atoms with E-state index in [9.17, 15) is 17.4 Å². The van der Waals surface area contributed by atoms with Crippen LogP contribution in [-0.4, -0.2) is 37.7 Å². The maximum atomic E-state index is 12.7. The van der Waals surface area contributed by atoms with Crippen molar-refractivity contribution in [2.45, 2.75) is 17.4 Å². The quantitative estimate of drug-likeness (QED) is 0.817. The third kappa shape index (κ3) is 2.67. The second-order valence-corrected chi connectivity index (χ2v) is 5.56. The number of rotatable bonds is 2. The molecule has 0 aromatic carbocycles. The van der Waals surface area contributed by atoms with E-state index in [4.69, 9.17) is 11.6 Å². The molecule has 1 N–H and O–H groups in total. The number of nitrogens with zero attached hydrogens (tertiary/aromatic N) is 2. The van der Waals surface area contributed by atoms with Crippen molar-refractivity contribution in [2.24, 2.45) is 0 Å². The van der Waals surface area contributed by atoms with Gasteiger partial charge in [0.1, 0.15) is 10.7 Å². The first kappa shape index (κ1) is 12.5. The van der Waals surface area contributed by atoms with E-state index in [0.717, 1.165) is 12.3 Å².